The summed E-state index contributed by atoms with van der Waals surface area (Å²) in [5.74, 6) is -0.0630. The Bertz CT molecular complexity index is 1080. The van der Waals surface area contributed by atoms with Crippen LogP contribution in [0.3, 0.4) is 0 Å². The second kappa shape index (κ2) is 11.9. The van der Waals surface area contributed by atoms with Gasteiger partial charge in [-0.05, 0) is 37.5 Å². The van der Waals surface area contributed by atoms with Crippen molar-refractivity contribution in [2.75, 3.05) is 25.6 Å². The van der Waals surface area contributed by atoms with Crippen molar-refractivity contribution < 1.29 is 23.8 Å². The molecule has 0 radical (unpaired) electrons. The van der Waals surface area contributed by atoms with Gasteiger partial charge < -0.3 is 19.1 Å². The van der Waals surface area contributed by atoms with Gasteiger partial charge in [0.25, 0.3) is 0 Å². The molecule has 2 aromatic rings. The van der Waals surface area contributed by atoms with Gasteiger partial charge in [0.2, 0.25) is 5.91 Å². The van der Waals surface area contributed by atoms with Crippen molar-refractivity contribution in [1.29, 1.82) is 0 Å². The number of halogens is 2. The molecule has 9 heteroatoms. The molecule has 2 atom stereocenters. The van der Waals surface area contributed by atoms with Gasteiger partial charge in [-0.1, -0.05) is 35.9 Å². The Labute approximate surface area is 215 Å². The number of carbonyl (C=O) groups excluding carboxylic acids is 2. The van der Waals surface area contributed by atoms with Gasteiger partial charge in [-0.3, -0.25) is 4.79 Å². The summed E-state index contributed by atoms with van der Waals surface area (Å²) < 4.78 is 17.2. The fourth-order valence-corrected chi connectivity index (χ4v) is 4.69. The van der Waals surface area contributed by atoms with E-state index in [2.05, 4.69) is 4.98 Å². The Hall–Kier alpha value is -2.61. The molecular weight excluding hydrogens is 491 g/mol. The van der Waals surface area contributed by atoms with Gasteiger partial charge in [0.15, 0.2) is 0 Å². The van der Waals surface area contributed by atoms with E-state index in [0.29, 0.717) is 47.8 Å². The van der Waals surface area contributed by atoms with Gasteiger partial charge in [0.1, 0.15) is 24.1 Å². The fourth-order valence-electron chi connectivity index (χ4n) is 4.50. The van der Waals surface area contributed by atoms with Gasteiger partial charge in [-0.25, -0.2) is 9.78 Å². The molecule has 0 bridgehead atoms. The van der Waals surface area contributed by atoms with Crippen molar-refractivity contribution in [3.8, 4) is 5.75 Å². The normalized spacial score (nSPS) is 20.3. The molecule has 2 aliphatic heterocycles. The number of allylic oxidation sites excluding steroid dienone is 1. The topological polar surface area (TPSA) is 78.0 Å². The van der Waals surface area contributed by atoms with Crippen molar-refractivity contribution in [1.82, 2.24) is 9.88 Å². The molecule has 7 nitrogen and oxygen atoms in total. The summed E-state index contributed by atoms with van der Waals surface area (Å²) in [6, 6.07) is 10.8. The van der Waals surface area contributed by atoms with Crippen LogP contribution < -0.4 is 4.74 Å². The molecule has 35 heavy (non-hydrogen) atoms. The first-order chi connectivity index (χ1) is 17.0. The monoisotopic (exact) mass is 518 g/mol. The number of alkyl halides is 1. The maximum absolute atomic E-state index is 13.5. The largest absolute Gasteiger partial charge is 0.492 e. The quantitative estimate of drug-likeness (QED) is 0.268. The van der Waals surface area contributed by atoms with Crippen LogP contribution in [0.1, 0.15) is 43.2 Å². The van der Waals surface area contributed by atoms with E-state index in [0.717, 1.165) is 24.0 Å². The number of aromatic nitrogens is 1. The molecule has 3 heterocycles. The lowest BCUT2D eigenvalue weighted by molar-refractivity contribution is -0.141. The van der Waals surface area contributed by atoms with E-state index in [-0.39, 0.29) is 25.0 Å². The lowest BCUT2D eigenvalue weighted by atomic mass is 9.84. The average molecular weight is 519 g/mol. The van der Waals surface area contributed by atoms with Crippen LogP contribution in [0.4, 0.5) is 0 Å². The molecule has 1 aromatic carbocycles. The maximum atomic E-state index is 13.5. The molecule has 0 aliphatic carbocycles. The number of esters is 1. The number of benzene rings is 1. The standard InChI is InChI=1S/C26H28Cl2N2O5/c1-17-25(26(32)35-16-19-5-2-3-7-22(19)34-12-10-27)21(18-8-9-23(28)29-14-18)13-24(31)30(17)15-20-6-4-11-33-20/h2-3,5,7-9,14,20-21H,4,6,10-13,15-16H2,1H3. The van der Waals surface area contributed by atoms with Crippen LogP contribution in [-0.2, 0) is 25.7 Å². The Morgan fingerprint density at radius 2 is 2.09 bits per heavy atom. The number of hydrogen-bond acceptors (Lipinski definition) is 6. The van der Waals surface area contributed by atoms with E-state index in [1.807, 2.05) is 24.3 Å². The zero-order chi connectivity index (χ0) is 24.8. The summed E-state index contributed by atoms with van der Waals surface area (Å²) in [6.45, 7) is 3.27. The van der Waals surface area contributed by atoms with Crippen LogP contribution in [0.15, 0.2) is 53.9 Å². The average Bonchev–Trinajstić information content (AvgIpc) is 3.38. The van der Waals surface area contributed by atoms with Crippen molar-refractivity contribution in [2.45, 2.75) is 44.8 Å². The Morgan fingerprint density at radius 3 is 2.80 bits per heavy atom. The van der Waals surface area contributed by atoms with Gasteiger partial charge in [-0.2, -0.15) is 0 Å². The van der Waals surface area contributed by atoms with Crippen LogP contribution in [0.5, 0.6) is 5.75 Å². The zero-order valence-corrected chi connectivity index (χ0v) is 21.1. The number of pyridine rings is 1. The molecule has 4 rings (SSSR count). The van der Waals surface area contributed by atoms with Gasteiger partial charge in [0, 0.05) is 36.4 Å². The number of ether oxygens (including phenoxy) is 3. The van der Waals surface area contributed by atoms with Crippen LogP contribution in [-0.4, -0.2) is 53.5 Å². The van der Waals surface area contributed by atoms with Crippen LogP contribution in [0, 0.1) is 0 Å². The molecule has 1 fully saturated rings. The van der Waals surface area contributed by atoms with Crippen molar-refractivity contribution in [2.24, 2.45) is 0 Å². The summed E-state index contributed by atoms with van der Waals surface area (Å²) >= 11 is 11.7. The van der Waals surface area contributed by atoms with Crippen molar-refractivity contribution in [3.63, 3.8) is 0 Å². The minimum Gasteiger partial charge on any atom is -0.492 e. The summed E-state index contributed by atoms with van der Waals surface area (Å²) in [6.07, 6.45) is 3.56. The highest BCUT2D eigenvalue weighted by Gasteiger charge is 2.38. The van der Waals surface area contributed by atoms with E-state index < -0.39 is 11.9 Å². The van der Waals surface area contributed by atoms with E-state index >= 15 is 0 Å². The minimum absolute atomic E-state index is 0.0271. The van der Waals surface area contributed by atoms with E-state index in [1.165, 1.54) is 0 Å². The second-order valence-corrected chi connectivity index (χ2v) is 9.30. The fraction of sp³-hybridized carbons (Fsp3) is 0.423. The molecule has 2 aliphatic rings. The highest BCUT2D eigenvalue weighted by atomic mass is 35.5. The van der Waals surface area contributed by atoms with E-state index in [1.54, 1.807) is 30.2 Å². The minimum atomic E-state index is -0.487. The molecule has 0 saturated carbocycles. The van der Waals surface area contributed by atoms with Crippen LogP contribution in [0.25, 0.3) is 0 Å². The smallest absolute Gasteiger partial charge is 0.336 e. The van der Waals surface area contributed by atoms with Crippen molar-refractivity contribution >= 4 is 35.1 Å². The van der Waals surface area contributed by atoms with Gasteiger partial charge >= 0.3 is 5.97 Å². The Kier molecular flexibility index (Phi) is 8.65. The summed E-state index contributed by atoms with van der Waals surface area (Å²) in [7, 11) is 0. The number of para-hydroxylation sites is 1. The third-order valence-corrected chi connectivity index (χ3v) is 6.65. The molecule has 1 saturated heterocycles. The zero-order valence-electron chi connectivity index (χ0n) is 19.5. The van der Waals surface area contributed by atoms with E-state index in [9.17, 15) is 9.59 Å². The lowest BCUT2D eigenvalue weighted by Crippen LogP contribution is -2.42. The Balaban J connectivity index is 1.61. The van der Waals surface area contributed by atoms with Crippen LogP contribution in [0.2, 0.25) is 5.15 Å². The molecule has 1 amide bonds. The highest BCUT2D eigenvalue weighted by molar-refractivity contribution is 6.29. The van der Waals surface area contributed by atoms with Crippen LogP contribution >= 0.6 is 23.2 Å². The van der Waals surface area contributed by atoms with Gasteiger partial charge in [0.05, 0.1) is 24.1 Å². The molecule has 186 valence electrons. The van der Waals surface area contributed by atoms with Crippen molar-refractivity contribution in [3.05, 3.63) is 70.1 Å². The third-order valence-electron chi connectivity index (χ3n) is 6.27. The number of nitrogens with zero attached hydrogens (tertiary/aromatic N) is 2. The SMILES string of the molecule is CC1=C(C(=O)OCc2ccccc2OCCCl)C(c2ccc(Cl)nc2)CC(=O)N1CC1CCCO1. The first-order valence-corrected chi connectivity index (χ1v) is 12.6. The highest BCUT2D eigenvalue weighted by Crippen LogP contribution is 2.38. The van der Waals surface area contributed by atoms with Gasteiger partial charge in [-0.15, -0.1) is 11.6 Å². The summed E-state index contributed by atoms with van der Waals surface area (Å²) in [4.78, 5) is 32.4. The second-order valence-electron chi connectivity index (χ2n) is 8.53. The molecule has 2 unspecified atom stereocenters. The molecule has 0 N–H and O–H groups in total. The molecule has 0 spiro atoms. The number of hydrogen-bond donors (Lipinski definition) is 0. The predicted octanol–water partition coefficient (Wildman–Crippen LogP) is 4.86. The first-order valence-electron chi connectivity index (χ1n) is 11.7. The predicted molar refractivity (Wildman–Crippen MR) is 132 cm³/mol. The molecule has 1 aromatic heterocycles. The summed E-state index contributed by atoms with van der Waals surface area (Å²) in [5.41, 5.74) is 2.48. The lowest BCUT2D eigenvalue weighted by Gasteiger charge is -2.35. The third kappa shape index (κ3) is 6.15. The number of rotatable bonds is 9. The van der Waals surface area contributed by atoms with E-state index in [4.69, 9.17) is 37.4 Å². The molecular formula is C26H28Cl2N2O5. The number of amides is 1. The first kappa shape index (κ1) is 25.5. The maximum Gasteiger partial charge on any atom is 0.336 e. The Morgan fingerprint density at radius 1 is 1.26 bits per heavy atom. The summed E-state index contributed by atoms with van der Waals surface area (Å²) in [5, 5.41) is 0.342. The number of carbonyl (C=O) groups is 2.